The minimum atomic E-state index is 1.12. The van der Waals surface area contributed by atoms with Gasteiger partial charge in [0.05, 0.1) is 0 Å². The van der Waals surface area contributed by atoms with Crippen LogP contribution in [0.5, 0.6) is 0 Å². The molecule has 1 aliphatic rings. The van der Waals surface area contributed by atoms with Gasteiger partial charge in [-0.15, -0.1) is 8.58 Å². The maximum atomic E-state index is 2.29. The predicted octanol–water partition coefficient (Wildman–Crippen LogP) is 4.05. The summed E-state index contributed by atoms with van der Waals surface area (Å²) in [6.45, 7) is 2.29. The molecule has 1 heteroatoms. The van der Waals surface area contributed by atoms with E-state index in [0.717, 1.165) is 5.92 Å². The van der Waals surface area contributed by atoms with Crippen molar-refractivity contribution in [3.05, 3.63) is 0 Å². The zero-order chi connectivity index (χ0) is 8.65. The molecule has 1 atom stereocenters. The van der Waals surface area contributed by atoms with Gasteiger partial charge in [-0.25, -0.2) is 0 Å². The van der Waals surface area contributed by atoms with E-state index in [-0.39, 0.29) is 0 Å². The summed E-state index contributed by atoms with van der Waals surface area (Å²) in [5, 5.41) is 0. The molecule has 0 saturated heterocycles. The summed E-state index contributed by atoms with van der Waals surface area (Å²) in [6.07, 6.45) is 13.5. The Kier molecular flexibility index (Phi) is 6.04. The first-order valence-corrected chi connectivity index (χ1v) is 7.05. The van der Waals surface area contributed by atoms with Crippen molar-refractivity contribution in [2.45, 2.75) is 51.9 Å². The van der Waals surface area contributed by atoms with E-state index in [1.165, 1.54) is 59.4 Å². The Balaban J connectivity index is 1.81. The van der Waals surface area contributed by atoms with Crippen LogP contribution in [0.25, 0.3) is 0 Å². The quantitative estimate of drug-likeness (QED) is 0.433. The molecule has 0 amide bonds. The molecule has 1 saturated carbocycles. The van der Waals surface area contributed by atoms with E-state index >= 15 is 0 Å². The lowest BCUT2D eigenvalue weighted by Gasteiger charge is -2.07. The van der Waals surface area contributed by atoms with Crippen LogP contribution in [0.2, 0.25) is 0 Å². The average Bonchev–Trinajstić information content (AvgIpc) is 2.57. The lowest BCUT2D eigenvalue weighted by Crippen LogP contribution is -1.94. The molecule has 0 radical (unpaired) electrons. The van der Waals surface area contributed by atoms with Crippen LogP contribution in [-0.2, 0) is 0 Å². The maximum Gasteiger partial charge on any atom is -0.0351 e. The molecule has 72 valence electrons. The topological polar surface area (TPSA) is 0 Å². The molecule has 0 aromatic heterocycles. The molecule has 1 fully saturated rings. The SMILES string of the molecule is CCCCPCCC1CCCC1. The fraction of sp³-hybridized carbons (Fsp3) is 1.00. The molecular weight excluding hydrogens is 163 g/mol. The largest absolute Gasteiger partial charge is 0.122 e. The van der Waals surface area contributed by atoms with Crippen molar-refractivity contribution >= 4 is 8.58 Å². The third-order valence-corrected chi connectivity index (χ3v) is 4.26. The van der Waals surface area contributed by atoms with Gasteiger partial charge in [0.1, 0.15) is 0 Å². The molecule has 0 aliphatic heterocycles. The average molecular weight is 186 g/mol. The minimum absolute atomic E-state index is 1.12. The Hall–Kier alpha value is 0.430. The van der Waals surface area contributed by atoms with E-state index in [2.05, 4.69) is 6.92 Å². The number of unbranched alkanes of at least 4 members (excludes halogenated alkanes) is 1. The van der Waals surface area contributed by atoms with Gasteiger partial charge in [-0.3, -0.25) is 0 Å². The Morgan fingerprint density at radius 2 is 1.92 bits per heavy atom. The first kappa shape index (κ1) is 10.5. The predicted molar refractivity (Wildman–Crippen MR) is 59.5 cm³/mol. The summed E-state index contributed by atoms with van der Waals surface area (Å²) in [5.41, 5.74) is 0. The number of rotatable bonds is 6. The monoisotopic (exact) mass is 186 g/mol. The fourth-order valence-electron chi connectivity index (χ4n) is 2.03. The van der Waals surface area contributed by atoms with Crippen LogP contribution in [0.4, 0.5) is 0 Å². The minimum Gasteiger partial charge on any atom is -0.122 e. The highest BCUT2D eigenvalue weighted by molar-refractivity contribution is 7.37. The second kappa shape index (κ2) is 6.89. The molecule has 0 N–H and O–H groups in total. The molecule has 0 spiro atoms. The Morgan fingerprint density at radius 3 is 2.58 bits per heavy atom. The highest BCUT2D eigenvalue weighted by Crippen LogP contribution is 2.29. The van der Waals surface area contributed by atoms with Crippen LogP contribution in [0.3, 0.4) is 0 Å². The third kappa shape index (κ3) is 4.45. The van der Waals surface area contributed by atoms with Crippen molar-refractivity contribution in [2.24, 2.45) is 5.92 Å². The molecule has 1 unspecified atom stereocenters. The van der Waals surface area contributed by atoms with Gasteiger partial charge < -0.3 is 0 Å². The van der Waals surface area contributed by atoms with Crippen molar-refractivity contribution < 1.29 is 0 Å². The lowest BCUT2D eigenvalue weighted by molar-refractivity contribution is 0.534. The summed E-state index contributed by atoms with van der Waals surface area (Å²) >= 11 is 0. The molecule has 12 heavy (non-hydrogen) atoms. The molecule has 0 nitrogen and oxygen atoms in total. The van der Waals surface area contributed by atoms with E-state index in [9.17, 15) is 0 Å². The molecule has 1 aliphatic carbocycles. The van der Waals surface area contributed by atoms with Crippen LogP contribution in [0, 0.1) is 5.92 Å². The highest BCUT2D eigenvalue weighted by atomic mass is 31.1. The van der Waals surface area contributed by atoms with E-state index in [0.29, 0.717) is 0 Å². The van der Waals surface area contributed by atoms with Gasteiger partial charge in [0.2, 0.25) is 0 Å². The summed E-state index contributed by atoms with van der Waals surface area (Å²) in [4.78, 5) is 0. The van der Waals surface area contributed by atoms with Gasteiger partial charge >= 0.3 is 0 Å². The van der Waals surface area contributed by atoms with Gasteiger partial charge in [0.25, 0.3) is 0 Å². The summed E-state index contributed by atoms with van der Waals surface area (Å²) in [5.74, 6) is 1.12. The Labute approximate surface area is 79.3 Å². The molecule has 1 rings (SSSR count). The van der Waals surface area contributed by atoms with Crippen molar-refractivity contribution in [1.82, 2.24) is 0 Å². The summed E-state index contributed by atoms with van der Waals surface area (Å²) in [7, 11) is 1.27. The van der Waals surface area contributed by atoms with E-state index in [1.807, 2.05) is 0 Å². The second-order valence-corrected chi connectivity index (χ2v) is 5.54. The van der Waals surface area contributed by atoms with Gasteiger partial charge in [-0.2, -0.15) is 0 Å². The van der Waals surface area contributed by atoms with E-state index in [4.69, 9.17) is 0 Å². The fourth-order valence-corrected chi connectivity index (χ4v) is 3.50. The maximum absolute atomic E-state index is 2.29. The Morgan fingerprint density at radius 1 is 1.17 bits per heavy atom. The molecule has 0 aromatic rings. The molecule has 0 bridgehead atoms. The van der Waals surface area contributed by atoms with Crippen molar-refractivity contribution in [3.8, 4) is 0 Å². The van der Waals surface area contributed by atoms with E-state index < -0.39 is 0 Å². The van der Waals surface area contributed by atoms with Gasteiger partial charge in [-0.1, -0.05) is 39.0 Å². The van der Waals surface area contributed by atoms with Crippen LogP contribution in [-0.4, -0.2) is 12.3 Å². The third-order valence-electron chi connectivity index (χ3n) is 2.91. The van der Waals surface area contributed by atoms with Crippen LogP contribution >= 0.6 is 8.58 Å². The van der Waals surface area contributed by atoms with Crippen LogP contribution in [0.1, 0.15) is 51.9 Å². The Bertz CT molecular complexity index is 95.2. The van der Waals surface area contributed by atoms with Crippen LogP contribution in [0.15, 0.2) is 0 Å². The number of hydrogen-bond acceptors (Lipinski definition) is 0. The second-order valence-electron chi connectivity index (χ2n) is 4.04. The zero-order valence-corrected chi connectivity index (χ0v) is 9.44. The smallest absolute Gasteiger partial charge is 0.0351 e. The van der Waals surface area contributed by atoms with Gasteiger partial charge in [-0.05, 0) is 31.1 Å². The zero-order valence-electron chi connectivity index (χ0n) is 8.44. The summed E-state index contributed by atoms with van der Waals surface area (Å²) in [6, 6.07) is 0. The number of hydrogen-bond donors (Lipinski definition) is 0. The highest BCUT2D eigenvalue weighted by Gasteiger charge is 2.13. The van der Waals surface area contributed by atoms with Crippen molar-refractivity contribution in [2.75, 3.05) is 12.3 Å². The first-order chi connectivity index (χ1) is 5.93. The van der Waals surface area contributed by atoms with Crippen LogP contribution < -0.4 is 0 Å². The van der Waals surface area contributed by atoms with Crippen molar-refractivity contribution in [3.63, 3.8) is 0 Å². The standard InChI is InChI=1S/C11H23P/c1-2-3-9-12-10-8-11-6-4-5-7-11/h11-12H,2-10H2,1H3. The molecule has 0 aromatic carbocycles. The van der Waals surface area contributed by atoms with Gasteiger partial charge in [0.15, 0.2) is 0 Å². The molecule has 0 heterocycles. The summed E-state index contributed by atoms with van der Waals surface area (Å²) < 4.78 is 0. The first-order valence-electron chi connectivity index (χ1n) is 5.64. The lowest BCUT2D eigenvalue weighted by atomic mass is 10.1. The van der Waals surface area contributed by atoms with E-state index in [1.54, 1.807) is 6.42 Å². The van der Waals surface area contributed by atoms with Gasteiger partial charge in [0, 0.05) is 0 Å². The normalized spacial score (nSPS) is 19.8. The molecular formula is C11H23P. The van der Waals surface area contributed by atoms with Crippen molar-refractivity contribution in [1.29, 1.82) is 0 Å².